The van der Waals surface area contributed by atoms with Crippen LogP contribution in [0.15, 0.2) is 47.6 Å². The minimum atomic E-state index is -0.362. The highest BCUT2D eigenvalue weighted by Crippen LogP contribution is 2.29. The van der Waals surface area contributed by atoms with E-state index in [1.54, 1.807) is 35.9 Å². The van der Waals surface area contributed by atoms with Gasteiger partial charge in [0.2, 0.25) is 5.91 Å². The lowest BCUT2D eigenvalue weighted by atomic mass is 10.1. The minimum absolute atomic E-state index is 0.110. The SMILES string of the molecule is Cc1cccc(C(=O)N[C@H](C)c2nnc(SCC(=O)Nc3cccc(Cl)c3Cl)n2C)c1. The van der Waals surface area contributed by atoms with Crippen molar-refractivity contribution in [3.8, 4) is 0 Å². The molecular weight excluding hydrogens is 457 g/mol. The number of aromatic nitrogens is 3. The maximum atomic E-state index is 12.5. The van der Waals surface area contributed by atoms with E-state index in [4.69, 9.17) is 23.2 Å². The first-order valence-electron chi connectivity index (χ1n) is 9.39. The highest BCUT2D eigenvalue weighted by molar-refractivity contribution is 7.99. The molecule has 1 aromatic heterocycles. The van der Waals surface area contributed by atoms with Crippen molar-refractivity contribution < 1.29 is 9.59 Å². The molecule has 0 aliphatic carbocycles. The van der Waals surface area contributed by atoms with Crippen molar-refractivity contribution in [2.45, 2.75) is 25.0 Å². The molecular formula is C21H21Cl2N5O2S. The number of amides is 2. The number of hydrogen-bond donors (Lipinski definition) is 2. The fraction of sp³-hybridized carbons (Fsp3) is 0.238. The van der Waals surface area contributed by atoms with Gasteiger partial charge in [0.05, 0.1) is 27.5 Å². The van der Waals surface area contributed by atoms with Gasteiger partial charge in [0.15, 0.2) is 11.0 Å². The van der Waals surface area contributed by atoms with Crippen LogP contribution in [0.1, 0.15) is 34.7 Å². The Morgan fingerprint density at radius 3 is 2.65 bits per heavy atom. The van der Waals surface area contributed by atoms with E-state index < -0.39 is 0 Å². The summed E-state index contributed by atoms with van der Waals surface area (Å²) in [5, 5.41) is 15.2. The average molecular weight is 478 g/mol. The first-order chi connectivity index (χ1) is 14.8. The van der Waals surface area contributed by atoms with Gasteiger partial charge in [-0.1, -0.05) is 58.7 Å². The zero-order valence-corrected chi connectivity index (χ0v) is 19.5. The normalized spacial score (nSPS) is 11.8. The van der Waals surface area contributed by atoms with Crippen molar-refractivity contribution in [2.24, 2.45) is 7.05 Å². The molecule has 0 saturated heterocycles. The van der Waals surface area contributed by atoms with Crippen molar-refractivity contribution in [3.05, 3.63) is 69.5 Å². The molecule has 0 aliphatic rings. The molecule has 31 heavy (non-hydrogen) atoms. The molecule has 162 valence electrons. The Hall–Kier alpha value is -2.55. The van der Waals surface area contributed by atoms with Gasteiger partial charge < -0.3 is 15.2 Å². The summed E-state index contributed by atoms with van der Waals surface area (Å²) in [7, 11) is 1.79. The summed E-state index contributed by atoms with van der Waals surface area (Å²) in [5.74, 6) is 0.256. The second-order valence-corrected chi connectivity index (χ2v) is 8.63. The van der Waals surface area contributed by atoms with E-state index in [1.807, 2.05) is 32.0 Å². The lowest BCUT2D eigenvalue weighted by molar-refractivity contribution is -0.113. The number of halogens is 2. The van der Waals surface area contributed by atoms with Crippen molar-refractivity contribution >= 4 is 52.5 Å². The third-order valence-electron chi connectivity index (χ3n) is 4.44. The lowest BCUT2D eigenvalue weighted by Gasteiger charge is -2.14. The van der Waals surface area contributed by atoms with Gasteiger partial charge in [-0.05, 0) is 38.1 Å². The maximum absolute atomic E-state index is 12.5. The Morgan fingerprint density at radius 2 is 1.90 bits per heavy atom. The van der Waals surface area contributed by atoms with E-state index in [-0.39, 0.29) is 23.6 Å². The molecule has 0 aliphatic heterocycles. The fourth-order valence-corrected chi connectivity index (χ4v) is 3.94. The van der Waals surface area contributed by atoms with Crippen molar-refractivity contribution in [3.63, 3.8) is 0 Å². The number of anilines is 1. The summed E-state index contributed by atoms with van der Waals surface area (Å²) in [6, 6.07) is 12.0. The van der Waals surface area contributed by atoms with Gasteiger partial charge >= 0.3 is 0 Å². The standard InChI is InChI=1S/C21H21Cl2N5O2S/c1-12-6-4-7-14(10-12)20(30)24-13(2)19-26-27-21(28(19)3)31-11-17(29)25-16-9-5-8-15(22)18(16)23/h4-10,13H,11H2,1-3H3,(H,24,30)(H,25,29)/t13-/m1/s1. The van der Waals surface area contributed by atoms with Crippen LogP contribution in [0.25, 0.3) is 0 Å². The molecule has 1 heterocycles. The van der Waals surface area contributed by atoms with Crippen LogP contribution < -0.4 is 10.6 Å². The molecule has 3 rings (SSSR count). The summed E-state index contributed by atoms with van der Waals surface area (Å²) in [6.07, 6.45) is 0. The van der Waals surface area contributed by atoms with Gasteiger partial charge in [0.25, 0.3) is 5.91 Å². The molecule has 0 fully saturated rings. The second-order valence-electron chi connectivity index (χ2n) is 6.90. The van der Waals surface area contributed by atoms with Crippen LogP contribution in [-0.4, -0.2) is 32.3 Å². The highest BCUT2D eigenvalue weighted by Gasteiger charge is 2.19. The third kappa shape index (κ3) is 5.78. The molecule has 0 spiro atoms. The number of aryl methyl sites for hydroxylation is 1. The Labute approximate surface area is 194 Å². The number of nitrogens with one attached hydrogen (secondary N) is 2. The summed E-state index contributed by atoms with van der Waals surface area (Å²) in [5.41, 5.74) is 2.04. The van der Waals surface area contributed by atoms with Crippen LogP contribution in [-0.2, 0) is 11.8 Å². The number of carbonyl (C=O) groups excluding carboxylic acids is 2. The number of benzene rings is 2. The second kappa shape index (κ2) is 10.2. The van der Waals surface area contributed by atoms with Crippen LogP contribution in [0.5, 0.6) is 0 Å². The monoisotopic (exact) mass is 477 g/mol. The third-order valence-corrected chi connectivity index (χ3v) is 6.28. The molecule has 3 aromatic rings. The van der Waals surface area contributed by atoms with E-state index in [9.17, 15) is 9.59 Å². The van der Waals surface area contributed by atoms with E-state index in [2.05, 4.69) is 20.8 Å². The number of rotatable bonds is 7. The molecule has 2 amide bonds. The van der Waals surface area contributed by atoms with Gasteiger partial charge in [0.1, 0.15) is 0 Å². The van der Waals surface area contributed by atoms with Crippen LogP contribution in [0, 0.1) is 6.92 Å². The van der Waals surface area contributed by atoms with Crippen LogP contribution >= 0.6 is 35.0 Å². The lowest BCUT2D eigenvalue weighted by Crippen LogP contribution is -2.28. The van der Waals surface area contributed by atoms with Crippen molar-refractivity contribution in [2.75, 3.05) is 11.1 Å². The first kappa shape index (κ1) is 23.1. The van der Waals surface area contributed by atoms with E-state index in [0.29, 0.717) is 32.3 Å². The zero-order valence-electron chi connectivity index (χ0n) is 17.1. The zero-order chi connectivity index (χ0) is 22.5. The number of thioether (sulfide) groups is 1. The maximum Gasteiger partial charge on any atom is 0.251 e. The van der Waals surface area contributed by atoms with E-state index in [1.165, 1.54) is 11.8 Å². The predicted molar refractivity (Wildman–Crippen MR) is 124 cm³/mol. The number of carbonyl (C=O) groups is 2. The van der Waals surface area contributed by atoms with E-state index >= 15 is 0 Å². The van der Waals surface area contributed by atoms with E-state index in [0.717, 1.165) is 5.56 Å². The molecule has 2 aromatic carbocycles. The van der Waals surface area contributed by atoms with Crippen LogP contribution in [0.2, 0.25) is 10.0 Å². The molecule has 10 heteroatoms. The van der Waals surface area contributed by atoms with Gasteiger partial charge in [-0.25, -0.2) is 0 Å². The molecule has 0 bridgehead atoms. The Morgan fingerprint density at radius 1 is 1.16 bits per heavy atom. The molecule has 2 N–H and O–H groups in total. The average Bonchev–Trinajstić information content (AvgIpc) is 3.10. The van der Waals surface area contributed by atoms with Crippen molar-refractivity contribution in [1.29, 1.82) is 0 Å². The Kier molecular flexibility index (Phi) is 7.59. The quantitative estimate of drug-likeness (QED) is 0.483. The molecule has 1 atom stereocenters. The van der Waals surface area contributed by atoms with Gasteiger partial charge in [0, 0.05) is 12.6 Å². The topological polar surface area (TPSA) is 88.9 Å². The Balaban J connectivity index is 1.59. The van der Waals surface area contributed by atoms with Crippen LogP contribution in [0.3, 0.4) is 0 Å². The number of hydrogen-bond acceptors (Lipinski definition) is 5. The van der Waals surface area contributed by atoms with Crippen molar-refractivity contribution in [1.82, 2.24) is 20.1 Å². The van der Waals surface area contributed by atoms with Gasteiger partial charge in [-0.2, -0.15) is 0 Å². The predicted octanol–water partition coefficient (Wildman–Crippen LogP) is 4.65. The van der Waals surface area contributed by atoms with Gasteiger partial charge in [-0.3, -0.25) is 9.59 Å². The first-order valence-corrected chi connectivity index (χ1v) is 11.1. The summed E-state index contributed by atoms with van der Waals surface area (Å²) < 4.78 is 1.76. The molecule has 0 unspecified atom stereocenters. The summed E-state index contributed by atoms with van der Waals surface area (Å²) >= 11 is 13.3. The molecule has 0 saturated carbocycles. The summed E-state index contributed by atoms with van der Waals surface area (Å²) in [6.45, 7) is 3.77. The van der Waals surface area contributed by atoms with Gasteiger partial charge in [-0.15, -0.1) is 10.2 Å². The fourth-order valence-electron chi connectivity index (χ4n) is 2.88. The number of nitrogens with zero attached hydrogens (tertiary/aromatic N) is 3. The largest absolute Gasteiger partial charge is 0.342 e. The van der Waals surface area contributed by atoms with Crippen LogP contribution in [0.4, 0.5) is 5.69 Å². The minimum Gasteiger partial charge on any atom is -0.342 e. The smallest absolute Gasteiger partial charge is 0.251 e. The molecule has 7 nitrogen and oxygen atoms in total. The molecule has 0 radical (unpaired) electrons. The highest BCUT2D eigenvalue weighted by atomic mass is 35.5. The summed E-state index contributed by atoms with van der Waals surface area (Å²) in [4.78, 5) is 24.8. The Bertz CT molecular complexity index is 1120.